The molecule has 2 aromatic carbocycles. The Hall–Kier alpha value is -3.73. The molecule has 0 saturated carbocycles. The molecule has 9 nitrogen and oxygen atoms in total. The fraction of sp³-hybridized carbons (Fsp3) is 0.423. The Morgan fingerprint density at radius 1 is 1.11 bits per heavy atom. The third-order valence-corrected chi connectivity index (χ3v) is 6.79. The summed E-state index contributed by atoms with van der Waals surface area (Å²) in [7, 11) is 3.39. The maximum absolute atomic E-state index is 14.2. The van der Waals surface area contributed by atoms with Crippen molar-refractivity contribution in [3.63, 3.8) is 0 Å². The zero-order valence-corrected chi connectivity index (χ0v) is 21.1. The van der Waals surface area contributed by atoms with Crippen molar-refractivity contribution in [2.75, 3.05) is 38.6 Å². The highest BCUT2D eigenvalue weighted by molar-refractivity contribution is 5.91. The molecule has 1 unspecified atom stereocenters. The first-order chi connectivity index (χ1) is 17.6. The van der Waals surface area contributed by atoms with Crippen molar-refractivity contribution in [3.8, 4) is 5.75 Å². The Labute approximate surface area is 214 Å². The molecule has 2 aliphatic rings. The van der Waals surface area contributed by atoms with E-state index in [4.69, 9.17) is 0 Å². The molecule has 2 aliphatic heterocycles. The number of rotatable bonds is 8. The zero-order valence-electron chi connectivity index (χ0n) is 21.1. The smallest absolute Gasteiger partial charge is 0.246 e. The number of hydrogen-bond acceptors (Lipinski definition) is 6. The van der Waals surface area contributed by atoms with E-state index in [9.17, 15) is 28.3 Å². The van der Waals surface area contributed by atoms with Gasteiger partial charge in [-0.15, -0.1) is 0 Å². The summed E-state index contributed by atoms with van der Waals surface area (Å²) < 4.78 is 28.2. The number of halogens is 2. The number of carbonyl (C=O) groups excluding carboxylic acids is 3. The predicted octanol–water partition coefficient (Wildman–Crippen LogP) is 1.94. The summed E-state index contributed by atoms with van der Waals surface area (Å²) in [5.41, 5.74) is 1.54. The van der Waals surface area contributed by atoms with Crippen molar-refractivity contribution >= 4 is 23.9 Å². The second-order valence-corrected chi connectivity index (χ2v) is 9.55. The number of piperazine rings is 1. The molecule has 2 aromatic rings. The summed E-state index contributed by atoms with van der Waals surface area (Å²) >= 11 is 0. The van der Waals surface area contributed by atoms with Crippen molar-refractivity contribution in [1.82, 2.24) is 19.8 Å². The second kappa shape index (κ2) is 10.7. The fourth-order valence-corrected chi connectivity index (χ4v) is 5.07. The van der Waals surface area contributed by atoms with Crippen LogP contribution in [0.15, 0.2) is 36.4 Å². The van der Waals surface area contributed by atoms with Crippen molar-refractivity contribution < 1.29 is 28.3 Å². The van der Waals surface area contributed by atoms with Crippen molar-refractivity contribution in [2.45, 2.75) is 38.5 Å². The number of fused-ring (bicyclic) bond motifs is 1. The number of phenolic OH excluding ortho intramolecular Hbond substituents is 1. The maximum atomic E-state index is 14.2. The zero-order chi connectivity index (χ0) is 26.9. The number of phenols is 1. The number of hydrazine groups is 1. The molecule has 198 valence electrons. The molecule has 2 heterocycles. The molecule has 0 radical (unpaired) electrons. The van der Waals surface area contributed by atoms with Gasteiger partial charge in [-0.05, 0) is 35.7 Å². The van der Waals surface area contributed by atoms with Gasteiger partial charge in [-0.3, -0.25) is 19.4 Å². The van der Waals surface area contributed by atoms with E-state index in [1.807, 2.05) is 6.92 Å². The molecule has 2 fully saturated rings. The number of nitrogens with zero attached hydrogens (tertiary/aromatic N) is 5. The largest absolute Gasteiger partial charge is 0.508 e. The van der Waals surface area contributed by atoms with Crippen LogP contribution in [-0.4, -0.2) is 89.1 Å². The minimum absolute atomic E-state index is 0.0153. The van der Waals surface area contributed by atoms with E-state index in [0.29, 0.717) is 30.6 Å². The Morgan fingerprint density at radius 2 is 1.78 bits per heavy atom. The van der Waals surface area contributed by atoms with Gasteiger partial charge in [0.2, 0.25) is 18.2 Å². The topological polar surface area (TPSA) is 87.6 Å². The Kier molecular flexibility index (Phi) is 7.63. The Bertz CT molecular complexity index is 1180. The van der Waals surface area contributed by atoms with Crippen molar-refractivity contribution in [1.29, 1.82) is 0 Å². The van der Waals surface area contributed by atoms with Gasteiger partial charge in [-0.2, -0.15) is 0 Å². The summed E-state index contributed by atoms with van der Waals surface area (Å²) in [4.78, 5) is 43.9. The van der Waals surface area contributed by atoms with Gasteiger partial charge in [0.15, 0.2) is 11.6 Å². The number of hydrogen-bond donors (Lipinski definition) is 1. The van der Waals surface area contributed by atoms with E-state index in [0.717, 1.165) is 17.7 Å². The third kappa shape index (κ3) is 5.22. The molecule has 4 rings (SSSR count). The van der Waals surface area contributed by atoms with Gasteiger partial charge in [0.25, 0.3) is 0 Å². The summed E-state index contributed by atoms with van der Waals surface area (Å²) in [6, 6.07) is 7.59. The summed E-state index contributed by atoms with van der Waals surface area (Å²) in [5.74, 6) is -2.57. The lowest BCUT2D eigenvalue weighted by Crippen LogP contribution is -2.74. The first-order valence-corrected chi connectivity index (χ1v) is 12.2. The van der Waals surface area contributed by atoms with Gasteiger partial charge in [0.1, 0.15) is 18.0 Å². The Morgan fingerprint density at radius 3 is 2.41 bits per heavy atom. The molecule has 2 saturated heterocycles. The van der Waals surface area contributed by atoms with Gasteiger partial charge in [0, 0.05) is 45.4 Å². The second-order valence-electron chi connectivity index (χ2n) is 9.55. The molecular weight excluding hydrogens is 484 g/mol. The van der Waals surface area contributed by atoms with Crippen LogP contribution in [0, 0.1) is 11.6 Å². The molecule has 3 amide bonds. The highest BCUT2D eigenvalue weighted by Gasteiger charge is 2.49. The quantitative estimate of drug-likeness (QED) is 0.541. The molecule has 0 aliphatic carbocycles. The minimum Gasteiger partial charge on any atom is -0.508 e. The SMILES string of the molecule is CCCN1CC(=O)N2C(CN(Cc3cc(F)c(F)cc3N(C)C)C(=O)[C@@H]2Cc2ccc(O)cc2)N1C=O. The number of aromatic hydroxyl groups is 1. The van der Waals surface area contributed by atoms with Gasteiger partial charge in [0.05, 0.1) is 13.1 Å². The molecule has 2 atom stereocenters. The van der Waals surface area contributed by atoms with Crippen LogP contribution in [0.5, 0.6) is 5.75 Å². The van der Waals surface area contributed by atoms with Gasteiger partial charge in [-0.1, -0.05) is 19.1 Å². The van der Waals surface area contributed by atoms with Crippen molar-refractivity contribution in [3.05, 3.63) is 59.2 Å². The van der Waals surface area contributed by atoms with Crippen LogP contribution in [0.2, 0.25) is 0 Å². The van der Waals surface area contributed by atoms with Crippen LogP contribution in [0.4, 0.5) is 14.5 Å². The lowest BCUT2D eigenvalue weighted by atomic mass is 9.98. The molecular formula is C26H31F2N5O4. The third-order valence-electron chi connectivity index (χ3n) is 6.79. The fourth-order valence-electron chi connectivity index (χ4n) is 5.07. The van der Waals surface area contributed by atoms with E-state index in [-0.39, 0.29) is 43.6 Å². The lowest BCUT2D eigenvalue weighted by molar-refractivity contribution is -0.200. The summed E-state index contributed by atoms with van der Waals surface area (Å²) in [6.45, 7) is 2.38. The predicted molar refractivity (Wildman–Crippen MR) is 132 cm³/mol. The molecule has 1 N–H and O–H groups in total. The van der Waals surface area contributed by atoms with Crippen molar-refractivity contribution in [2.24, 2.45) is 0 Å². The van der Waals surface area contributed by atoms with Gasteiger partial charge < -0.3 is 19.8 Å². The highest BCUT2D eigenvalue weighted by Crippen LogP contribution is 2.31. The maximum Gasteiger partial charge on any atom is 0.246 e. The van der Waals surface area contributed by atoms with Gasteiger partial charge in [-0.25, -0.2) is 13.8 Å². The number of amides is 3. The monoisotopic (exact) mass is 515 g/mol. The van der Waals surface area contributed by atoms with E-state index < -0.39 is 23.8 Å². The molecule has 0 bridgehead atoms. The summed E-state index contributed by atoms with van der Waals surface area (Å²) in [5, 5.41) is 12.8. The van der Waals surface area contributed by atoms with E-state index >= 15 is 0 Å². The highest BCUT2D eigenvalue weighted by atomic mass is 19.2. The normalized spacial score (nSPS) is 20.3. The number of anilines is 1. The first-order valence-electron chi connectivity index (χ1n) is 12.2. The minimum atomic E-state index is -1.02. The molecule has 0 spiro atoms. The van der Waals surface area contributed by atoms with E-state index in [1.165, 1.54) is 26.9 Å². The van der Waals surface area contributed by atoms with Crippen LogP contribution < -0.4 is 4.90 Å². The molecule has 37 heavy (non-hydrogen) atoms. The summed E-state index contributed by atoms with van der Waals surface area (Å²) in [6.07, 6.45) is 0.786. The van der Waals surface area contributed by atoms with E-state index in [2.05, 4.69) is 0 Å². The van der Waals surface area contributed by atoms with Crippen LogP contribution in [0.25, 0.3) is 0 Å². The van der Waals surface area contributed by atoms with Gasteiger partial charge >= 0.3 is 0 Å². The first kappa shape index (κ1) is 26.3. The van der Waals surface area contributed by atoms with E-state index in [1.54, 1.807) is 36.1 Å². The number of benzene rings is 2. The van der Waals surface area contributed by atoms with Crippen LogP contribution >= 0.6 is 0 Å². The average Bonchev–Trinajstić information content (AvgIpc) is 2.85. The van der Waals surface area contributed by atoms with Crippen LogP contribution in [0.3, 0.4) is 0 Å². The molecule has 0 aromatic heterocycles. The standard InChI is InChI=1S/C26H31F2N5O4/c1-4-9-31-15-25(36)33-23(10-17-5-7-19(35)8-6-17)26(37)30(14-24(33)32(31)16-34)13-18-11-20(27)21(28)12-22(18)29(2)3/h5-8,11-12,16,23-24,35H,4,9-10,13-15H2,1-3H3/t23-,24?/m0/s1. The number of carbonyl (C=O) groups is 3. The van der Waals surface area contributed by atoms with Crippen LogP contribution in [0.1, 0.15) is 24.5 Å². The van der Waals surface area contributed by atoms with Crippen LogP contribution in [-0.2, 0) is 27.3 Å². The Balaban J connectivity index is 1.74. The average molecular weight is 516 g/mol. The molecule has 11 heteroatoms. The lowest BCUT2D eigenvalue weighted by Gasteiger charge is -2.54.